The predicted molar refractivity (Wildman–Crippen MR) is 68.1 cm³/mol. The summed E-state index contributed by atoms with van der Waals surface area (Å²) >= 11 is 0. The van der Waals surface area contributed by atoms with Gasteiger partial charge in [-0.2, -0.15) is 0 Å². The average molecular weight is 254 g/mol. The average Bonchev–Trinajstić information content (AvgIpc) is 2.20. The number of carbonyl (C=O) groups excluding carboxylic acids is 1. The molecule has 0 aliphatic heterocycles. The van der Waals surface area contributed by atoms with Crippen LogP contribution in [0.2, 0.25) is 0 Å². The number of sulfone groups is 1. The van der Waals surface area contributed by atoms with Crippen LogP contribution in [0.5, 0.6) is 0 Å². The number of benzene rings is 1. The summed E-state index contributed by atoms with van der Waals surface area (Å²) in [5.41, 5.74) is 2.95. The van der Waals surface area contributed by atoms with Crippen molar-refractivity contribution in [1.82, 2.24) is 0 Å². The van der Waals surface area contributed by atoms with Gasteiger partial charge in [0.1, 0.15) is 6.29 Å². The van der Waals surface area contributed by atoms with Gasteiger partial charge >= 0.3 is 0 Å². The van der Waals surface area contributed by atoms with Gasteiger partial charge in [-0.1, -0.05) is 6.92 Å². The summed E-state index contributed by atoms with van der Waals surface area (Å²) in [7, 11) is -3.20. The number of aldehydes is 1. The Morgan fingerprint density at radius 1 is 1.29 bits per heavy atom. The lowest BCUT2D eigenvalue weighted by Crippen LogP contribution is -2.04. The molecule has 1 unspecified atom stereocenters. The van der Waals surface area contributed by atoms with E-state index in [4.69, 9.17) is 0 Å². The molecule has 1 aromatic rings. The van der Waals surface area contributed by atoms with E-state index in [-0.39, 0.29) is 5.92 Å². The third kappa shape index (κ3) is 3.16. The fourth-order valence-corrected chi connectivity index (χ4v) is 2.58. The van der Waals surface area contributed by atoms with Crippen molar-refractivity contribution < 1.29 is 13.2 Å². The first-order chi connectivity index (χ1) is 7.77. The maximum absolute atomic E-state index is 11.6. The van der Waals surface area contributed by atoms with Crippen LogP contribution in [-0.4, -0.2) is 21.0 Å². The second-order valence-electron chi connectivity index (χ2n) is 4.53. The largest absolute Gasteiger partial charge is 0.303 e. The fourth-order valence-electron chi connectivity index (χ4n) is 1.85. The van der Waals surface area contributed by atoms with Gasteiger partial charge in [0.15, 0.2) is 9.84 Å². The summed E-state index contributed by atoms with van der Waals surface area (Å²) in [4.78, 5) is 10.9. The van der Waals surface area contributed by atoms with E-state index in [0.717, 1.165) is 23.0 Å². The van der Waals surface area contributed by atoms with Crippen LogP contribution in [-0.2, 0) is 14.6 Å². The third-order valence-corrected chi connectivity index (χ3v) is 4.18. The van der Waals surface area contributed by atoms with Crippen LogP contribution in [0.1, 0.15) is 36.0 Å². The summed E-state index contributed by atoms with van der Waals surface area (Å²) in [6.07, 6.45) is 2.48. The minimum absolute atomic E-state index is 0.0490. The molecule has 17 heavy (non-hydrogen) atoms. The minimum Gasteiger partial charge on any atom is -0.303 e. The minimum atomic E-state index is -3.20. The molecular formula is C13H18O3S. The van der Waals surface area contributed by atoms with Crippen LogP contribution in [0, 0.1) is 13.8 Å². The molecule has 0 radical (unpaired) electrons. The Morgan fingerprint density at radius 3 is 2.35 bits per heavy atom. The maximum Gasteiger partial charge on any atom is 0.175 e. The maximum atomic E-state index is 11.6. The topological polar surface area (TPSA) is 51.2 Å². The lowest BCUT2D eigenvalue weighted by molar-refractivity contribution is -0.108. The highest BCUT2D eigenvalue weighted by atomic mass is 32.2. The Morgan fingerprint density at radius 2 is 1.88 bits per heavy atom. The van der Waals surface area contributed by atoms with Crippen molar-refractivity contribution in [2.75, 3.05) is 6.26 Å². The number of hydrogen-bond acceptors (Lipinski definition) is 3. The Balaban J connectivity index is 3.40. The molecule has 1 aromatic carbocycles. The Labute approximate surface area is 103 Å². The molecule has 0 saturated carbocycles. The van der Waals surface area contributed by atoms with E-state index in [1.807, 2.05) is 20.8 Å². The molecule has 0 saturated heterocycles. The van der Waals surface area contributed by atoms with E-state index in [2.05, 4.69) is 0 Å². The number of aryl methyl sites for hydroxylation is 1. The van der Waals surface area contributed by atoms with E-state index in [0.29, 0.717) is 11.3 Å². The molecule has 0 heterocycles. The van der Waals surface area contributed by atoms with Crippen molar-refractivity contribution in [3.05, 3.63) is 28.8 Å². The molecule has 0 aliphatic rings. The van der Waals surface area contributed by atoms with Crippen LogP contribution in [0.15, 0.2) is 17.0 Å². The van der Waals surface area contributed by atoms with E-state index in [1.165, 1.54) is 6.26 Å². The molecule has 0 amide bonds. The van der Waals surface area contributed by atoms with Crippen LogP contribution < -0.4 is 0 Å². The summed E-state index contributed by atoms with van der Waals surface area (Å²) < 4.78 is 23.1. The van der Waals surface area contributed by atoms with E-state index in [9.17, 15) is 13.2 Å². The molecule has 0 fully saturated rings. The zero-order chi connectivity index (χ0) is 13.2. The Kier molecular flexibility index (Phi) is 4.09. The Bertz CT molecular complexity index is 530. The normalized spacial score (nSPS) is 13.4. The van der Waals surface area contributed by atoms with Crippen LogP contribution in [0.3, 0.4) is 0 Å². The monoisotopic (exact) mass is 254 g/mol. The van der Waals surface area contributed by atoms with Crippen molar-refractivity contribution >= 4 is 16.1 Å². The van der Waals surface area contributed by atoms with E-state index in [1.54, 1.807) is 12.1 Å². The van der Waals surface area contributed by atoms with Crippen molar-refractivity contribution in [3.63, 3.8) is 0 Å². The second kappa shape index (κ2) is 5.00. The second-order valence-corrected chi connectivity index (χ2v) is 6.55. The van der Waals surface area contributed by atoms with Gasteiger partial charge in [-0.05, 0) is 48.6 Å². The molecular weight excluding hydrogens is 236 g/mol. The molecule has 1 rings (SSSR count). The summed E-state index contributed by atoms with van der Waals surface area (Å²) in [5.74, 6) is 0.0490. The van der Waals surface area contributed by atoms with Crippen LogP contribution in [0.25, 0.3) is 0 Å². The lowest BCUT2D eigenvalue weighted by atomic mass is 9.92. The van der Waals surface area contributed by atoms with Gasteiger partial charge in [-0.25, -0.2) is 8.42 Å². The molecule has 94 valence electrons. The van der Waals surface area contributed by atoms with Gasteiger partial charge in [0.25, 0.3) is 0 Å². The molecule has 0 spiro atoms. The van der Waals surface area contributed by atoms with Crippen LogP contribution >= 0.6 is 0 Å². The van der Waals surface area contributed by atoms with Gasteiger partial charge in [-0.3, -0.25) is 0 Å². The summed E-state index contributed by atoms with van der Waals surface area (Å²) in [6.45, 7) is 5.78. The fraction of sp³-hybridized carbons (Fsp3) is 0.462. The van der Waals surface area contributed by atoms with E-state index < -0.39 is 9.84 Å². The zero-order valence-electron chi connectivity index (χ0n) is 10.6. The standard InChI is InChI=1S/C13H18O3S/c1-9(5-6-14)13-8-12(17(4,15)16)7-10(2)11(13)3/h6-9H,5H2,1-4H3. The summed E-state index contributed by atoms with van der Waals surface area (Å²) in [6, 6.07) is 3.37. The number of carbonyl (C=O) groups is 1. The predicted octanol–water partition coefficient (Wildman–Crippen LogP) is 2.40. The van der Waals surface area contributed by atoms with Gasteiger partial charge in [0, 0.05) is 12.7 Å². The van der Waals surface area contributed by atoms with Gasteiger partial charge < -0.3 is 4.79 Å². The van der Waals surface area contributed by atoms with Gasteiger partial charge in [0.05, 0.1) is 4.90 Å². The van der Waals surface area contributed by atoms with Crippen molar-refractivity contribution in [1.29, 1.82) is 0 Å². The summed E-state index contributed by atoms with van der Waals surface area (Å²) in [5, 5.41) is 0. The van der Waals surface area contributed by atoms with Gasteiger partial charge in [-0.15, -0.1) is 0 Å². The first-order valence-electron chi connectivity index (χ1n) is 5.52. The first kappa shape index (κ1) is 13.9. The zero-order valence-corrected chi connectivity index (χ0v) is 11.5. The molecule has 1 atom stereocenters. The quantitative estimate of drug-likeness (QED) is 0.775. The molecule has 3 nitrogen and oxygen atoms in total. The molecule has 0 aromatic heterocycles. The molecule has 0 N–H and O–H groups in total. The molecule has 0 aliphatic carbocycles. The highest BCUT2D eigenvalue weighted by Crippen LogP contribution is 2.27. The van der Waals surface area contributed by atoms with Crippen LogP contribution in [0.4, 0.5) is 0 Å². The van der Waals surface area contributed by atoms with Crippen molar-refractivity contribution in [2.24, 2.45) is 0 Å². The highest BCUT2D eigenvalue weighted by molar-refractivity contribution is 7.90. The van der Waals surface area contributed by atoms with Gasteiger partial charge in [0.2, 0.25) is 0 Å². The first-order valence-corrected chi connectivity index (χ1v) is 7.41. The SMILES string of the molecule is Cc1cc(S(C)(=O)=O)cc(C(C)CC=O)c1C. The van der Waals surface area contributed by atoms with Crippen molar-refractivity contribution in [2.45, 2.75) is 38.0 Å². The number of rotatable bonds is 4. The number of hydrogen-bond donors (Lipinski definition) is 0. The smallest absolute Gasteiger partial charge is 0.175 e. The molecule has 4 heteroatoms. The van der Waals surface area contributed by atoms with Crippen molar-refractivity contribution in [3.8, 4) is 0 Å². The lowest BCUT2D eigenvalue weighted by Gasteiger charge is -2.15. The van der Waals surface area contributed by atoms with E-state index >= 15 is 0 Å². The Hall–Kier alpha value is -1.16. The highest BCUT2D eigenvalue weighted by Gasteiger charge is 2.15. The third-order valence-electron chi connectivity index (χ3n) is 3.09. The molecule has 0 bridgehead atoms.